The van der Waals surface area contributed by atoms with Gasteiger partial charge in [0.2, 0.25) is 0 Å². The standard InChI is InChI=1S/C17H21BrN4O/c1-10(2)9-19-17(23)15-8-16(21-12(4)20-15)22-13-6-5-11(3)14(18)7-13/h5-8,10H,9H2,1-4H3,(H,19,23)(H,20,21,22). The van der Waals surface area contributed by atoms with Crippen LogP contribution >= 0.6 is 15.9 Å². The Morgan fingerprint density at radius 1 is 1.22 bits per heavy atom. The second-order valence-electron chi connectivity index (χ2n) is 5.88. The molecule has 1 amide bonds. The number of carbonyl (C=O) groups excluding carboxylic acids is 1. The van der Waals surface area contributed by atoms with E-state index in [4.69, 9.17) is 0 Å². The summed E-state index contributed by atoms with van der Waals surface area (Å²) in [5.74, 6) is 1.36. The maximum atomic E-state index is 12.2. The van der Waals surface area contributed by atoms with Crippen LogP contribution in [0.3, 0.4) is 0 Å². The molecule has 0 atom stereocenters. The largest absolute Gasteiger partial charge is 0.350 e. The number of aromatic nitrogens is 2. The van der Waals surface area contributed by atoms with Crippen LogP contribution < -0.4 is 10.6 Å². The maximum Gasteiger partial charge on any atom is 0.270 e. The summed E-state index contributed by atoms with van der Waals surface area (Å²) in [5.41, 5.74) is 2.42. The Bertz CT molecular complexity index is 716. The van der Waals surface area contributed by atoms with Gasteiger partial charge in [-0.25, -0.2) is 9.97 Å². The fraction of sp³-hybridized carbons (Fsp3) is 0.353. The highest BCUT2D eigenvalue weighted by Gasteiger charge is 2.11. The van der Waals surface area contributed by atoms with Gasteiger partial charge in [0.25, 0.3) is 5.91 Å². The Morgan fingerprint density at radius 3 is 2.61 bits per heavy atom. The highest BCUT2D eigenvalue weighted by Crippen LogP contribution is 2.23. The average molecular weight is 377 g/mol. The topological polar surface area (TPSA) is 66.9 Å². The molecule has 0 unspecified atom stereocenters. The monoisotopic (exact) mass is 376 g/mol. The number of rotatable bonds is 5. The van der Waals surface area contributed by atoms with Crippen molar-refractivity contribution in [3.63, 3.8) is 0 Å². The van der Waals surface area contributed by atoms with Crippen molar-refractivity contribution < 1.29 is 4.79 Å². The van der Waals surface area contributed by atoms with Crippen molar-refractivity contribution >= 4 is 33.3 Å². The Morgan fingerprint density at radius 2 is 1.96 bits per heavy atom. The lowest BCUT2D eigenvalue weighted by Gasteiger charge is -2.11. The molecular weight excluding hydrogens is 356 g/mol. The second-order valence-corrected chi connectivity index (χ2v) is 6.73. The molecule has 0 saturated carbocycles. The van der Waals surface area contributed by atoms with E-state index in [9.17, 15) is 4.79 Å². The zero-order chi connectivity index (χ0) is 17.0. The lowest BCUT2D eigenvalue weighted by atomic mass is 10.2. The van der Waals surface area contributed by atoms with Gasteiger partial charge in [0.15, 0.2) is 0 Å². The Labute approximate surface area is 145 Å². The quantitative estimate of drug-likeness (QED) is 0.827. The molecule has 0 aliphatic heterocycles. The van der Waals surface area contributed by atoms with Crippen LogP contribution in [-0.4, -0.2) is 22.4 Å². The van der Waals surface area contributed by atoms with Crippen LogP contribution in [0.2, 0.25) is 0 Å². The number of halogens is 1. The number of benzene rings is 1. The van der Waals surface area contributed by atoms with Crippen LogP contribution in [0.15, 0.2) is 28.7 Å². The summed E-state index contributed by atoms with van der Waals surface area (Å²) in [7, 11) is 0. The van der Waals surface area contributed by atoms with Gasteiger partial charge in [0, 0.05) is 22.8 Å². The summed E-state index contributed by atoms with van der Waals surface area (Å²) in [6, 6.07) is 7.62. The molecule has 0 radical (unpaired) electrons. The van der Waals surface area contributed by atoms with Gasteiger partial charge in [-0.05, 0) is 37.5 Å². The molecule has 1 aromatic carbocycles. The molecule has 5 nitrogen and oxygen atoms in total. The third-order valence-corrected chi connectivity index (χ3v) is 4.04. The molecule has 122 valence electrons. The van der Waals surface area contributed by atoms with Gasteiger partial charge < -0.3 is 10.6 Å². The van der Waals surface area contributed by atoms with E-state index < -0.39 is 0 Å². The number of hydrogen-bond donors (Lipinski definition) is 2. The Balaban J connectivity index is 2.19. The van der Waals surface area contributed by atoms with Crippen molar-refractivity contribution in [1.29, 1.82) is 0 Å². The zero-order valence-electron chi connectivity index (χ0n) is 13.8. The van der Waals surface area contributed by atoms with Crippen LogP contribution in [0.25, 0.3) is 0 Å². The molecular formula is C17H21BrN4O. The molecule has 2 rings (SSSR count). The summed E-state index contributed by atoms with van der Waals surface area (Å²) in [5, 5.41) is 6.08. The Kier molecular flexibility index (Phi) is 5.71. The van der Waals surface area contributed by atoms with Gasteiger partial charge in [-0.1, -0.05) is 35.8 Å². The lowest BCUT2D eigenvalue weighted by molar-refractivity contribution is 0.0943. The molecule has 6 heteroatoms. The summed E-state index contributed by atoms with van der Waals surface area (Å²) in [6.07, 6.45) is 0. The second kappa shape index (κ2) is 7.55. The number of aryl methyl sites for hydroxylation is 2. The van der Waals surface area contributed by atoms with E-state index in [1.807, 2.05) is 39.0 Å². The van der Waals surface area contributed by atoms with Gasteiger partial charge in [0.05, 0.1) is 0 Å². The van der Waals surface area contributed by atoms with Crippen molar-refractivity contribution in [2.75, 3.05) is 11.9 Å². The third kappa shape index (κ3) is 5.03. The number of carbonyl (C=O) groups is 1. The van der Waals surface area contributed by atoms with E-state index >= 15 is 0 Å². The van der Waals surface area contributed by atoms with Gasteiger partial charge in [-0.3, -0.25) is 4.79 Å². The minimum Gasteiger partial charge on any atom is -0.350 e. The number of amides is 1. The van der Waals surface area contributed by atoms with Crippen LogP contribution in [0.1, 0.15) is 35.7 Å². The first-order chi connectivity index (χ1) is 10.8. The molecule has 0 spiro atoms. The maximum absolute atomic E-state index is 12.2. The van der Waals surface area contributed by atoms with Crippen molar-refractivity contribution in [1.82, 2.24) is 15.3 Å². The van der Waals surface area contributed by atoms with Crippen molar-refractivity contribution in [3.8, 4) is 0 Å². The summed E-state index contributed by atoms with van der Waals surface area (Å²) < 4.78 is 1.02. The third-order valence-electron chi connectivity index (χ3n) is 3.19. The van der Waals surface area contributed by atoms with E-state index in [-0.39, 0.29) is 5.91 Å². The van der Waals surface area contributed by atoms with Crippen LogP contribution in [-0.2, 0) is 0 Å². The fourth-order valence-electron chi connectivity index (χ4n) is 1.95. The van der Waals surface area contributed by atoms with E-state index in [1.165, 1.54) is 0 Å². The van der Waals surface area contributed by atoms with E-state index in [1.54, 1.807) is 13.0 Å². The molecule has 0 saturated heterocycles. The van der Waals surface area contributed by atoms with Gasteiger partial charge in [-0.2, -0.15) is 0 Å². The number of anilines is 2. The number of hydrogen-bond acceptors (Lipinski definition) is 4. The molecule has 0 aliphatic carbocycles. The van der Waals surface area contributed by atoms with Gasteiger partial charge in [-0.15, -0.1) is 0 Å². The van der Waals surface area contributed by atoms with Gasteiger partial charge in [0.1, 0.15) is 17.3 Å². The molecule has 2 N–H and O–H groups in total. The summed E-state index contributed by atoms with van der Waals surface area (Å²) >= 11 is 3.51. The van der Waals surface area contributed by atoms with Crippen molar-refractivity contribution in [2.45, 2.75) is 27.7 Å². The molecule has 0 aliphatic rings. The minimum absolute atomic E-state index is 0.183. The fourth-order valence-corrected chi connectivity index (χ4v) is 2.33. The average Bonchev–Trinajstić information content (AvgIpc) is 2.48. The molecule has 23 heavy (non-hydrogen) atoms. The zero-order valence-corrected chi connectivity index (χ0v) is 15.4. The number of nitrogens with one attached hydrogen (secondary N) is 2. The molecule has 2 aromatic rings. The normalized spacial score (nSPS) is 10.7. The first-order valence-electron chi connectivity index (χ1n) is 7.52. The molecule has 1 heterocycles. The SMILES string of the molecule is Cc1nc(Nc2ccc(C)c(Br)c2)cc(C(=O)NCC(C)C)n1. The smallest absolute Gasteiger partial charge is 0.270 e. The summed E-state index contributed by atoms with van der Waals surface area (Å²) in [4.78, 5) is 20.7. The van der Waals surface area contributed by atoms with E-state index in [0.717, 1.165) is 15.7 Å². The number of nitrogens with zero attached hydrogens (tertiary/aromatic N) is 2. The first kappa shape index (κ1) is 17.4. The highest BCUT2D eigenvalue weighted by atomic mass is 79.9. The minimum atomic E-state index is -0.183. The van der Waals surface area contributed by atoms with E-state index in [0.29, 0.717) is 29.8 Å². The molecule has 0 bridgehead atoms. The summed E-state index contributed by atoms with van der Waals surface area (Å²) in [6.45, 7) is 8.52. The van der Waals surface area contributed by atoms with Crippen LogP contribution in [0.5, 0.6) is 0 Å². The van der Waals surface area contributed by atoms with Crippen molar-refractivity contribution in [3.05, 3.63) is 45.8 Å². The van der Waals surface area contributed by atoms with Crippen LogP contribution in [0, 0.1) is 19.8 Å². The van der Waals surface area contributed by atoms with Gasteiger partial charge >= 0.3 is 0 Å². The molecule has 1 aromatic heterocycles. The lowest BCUT2D eigenvalue weighted by Crippen LogP contribution is -2.28. The highest BCUT2D eigenvalue weighted by molar-refractivity contribution is 9.10. The molecule has 0 fully saturated rings. The Hall–Kier alpha value is -1.95. The van der Waals surface area contributed by atoms with Crippen LogP contribution in [0.4, 0.5) is 11.5 Å². The first-order valence-corrected chi connectivity index (χ1v) is 8.31. The predicted molar refractivity (Wildman–Crippen MR) is 96.1 cm³/mol. The van der Waals surface area contributed by atoms with Crippen molar-refractivity contribution in [2.24, 2.45) is 5.92 Å². The van der Waals surface area contributed by atoms with E-state index in [2.05, 4.69) is 36.5 Å². The predicted octanol–water partition coefficient (Wildman–Crippen LogP) is 3.99.